The molecule has 0 bridgehead atoms. The number of carbonyl (C=O) groups excluding carboxylic acids is 1. The highest BCUT2D eigenvalue weighted by Gasteiger charge is 2.19. The summed E-state index contributed by atoms with van der Waals surface area (Å²) < 4.78 is 7.37. The standard InChI is InChI=1S/C19H29N5O2.ClH/c1-6-17-18(19(25)21-12-14(5)20-7-2)22-23-24(17)15-8-10-16(11-9-15)26-13(3)4;/h8-11,13-14,20H,6-7,12H2,1-5H3,(H,21,25);1H/t14-;/m1./s1. The lowest BCUT2D eigenvalue weighted by atomic mass is 10.2. The predicted octanol–water partition coefficient (Wildman–Crippen LogP) is 2.77. The Hall–Kier alpha value is -2.12. The number of amides is 1. The summed E-state index contributed by atoms with van der Waals surface area (Å²) in [4.78, 5) is 12.5. The largest absolute Gasteiger partial charge is 0.491 e. The smallest absolute Gasteiger partial charge is 0.273 e. The third-order valence-corrected chi connectivity index (χ3v) is 3.89. The van der Waals surface area contributed by atoms with Gasteiger partial charge in [-0.15, -0.1) is 17.5 Å². The van der Waals surface area contributed by atoms with Crippen molar-refractivity contribution in [1.82, 2.24) is 25.6 Å². The molecule has 0 radical (unpaired) electrons. The lowest BCUT2D eigenvalue weighted by Crippen LogP contribution is -2.39. The van der Waals surface area contributed by atoms with Crippen LogP contribution in [0.3, 0.4) is 0 Å². The van der Waals surface area contributed by atoms with Crippen molar-refractivity contribution in [2.24, 2.45) is 0 Å². The average molecular weight is 396 g/mol. The molecule has 27 heavy (non-hydrogen) atoms. The summed E-state index contributed by atoms with van der Waals surface area (Å²) in [6.07, 6.45) is 0.779. The Morgan fingerprint density at radius 2 is 1.85 bits per heavy atom. The van der Waals surface area contributed by atoms with Gasteiger partial charge in [-0.1, -0.05) is 19.1 Å². The minimum absolute atomic E-state index is 0. The fraction of sp³-hybridized carbons (Fsp3) is 0.526. The third kappa shape index (κ3) is 6.22. The highest BCUT2D eigenvalue weighted by molar-refractivity contribution is 5.93. The Morgan fingerprint density at radius 1 is 1.19 bits per heavy atom. The van der Waals surface area contributed by atoms with E-state index in [9.17, 15) is 4.79 Å². The van der Waals surface area contributed by atoms with Crippen molar-refractivity contribution in [2.75, 3.05) is 13.1 Å². The summed E-state index contributed by atoms with van der Waals surface area (Å²) in [6.45, 7) is 11.4. The zero-order valence-corrected chi connectivity index (χ0v) is 17.5. The highest BCUT2D eigenvalue weighted by Crippen LogP contribution is 2.18. The lowest BCUT2D eigenvalue weighted by molar-refractivity contribution is 0.0944. The van der Waals surface area contributed by atoms with Crippen molar-refractivity contribution >= 4 is 18.3 Å². The van der Waals surface area contributed by atoms with E-state index in [4.69, 9.17) is 4.74 Å². The summed E-state index contributed by atoms with van der Waals surface area (Å²) in [5, 5.41) is 14.5. The van der Waals surface area contributed by atoms with Gasteiger partial charge in [0.1, 0.15) is 5.75 Å². The van der Waals surface area contributed by atoms with Crippen molar-refractivity contribution < 1.29 is 9.53 Å². The van der Waals surface area contributed by atoms with E-state index in [1.807, 2.05) is 58.9 Å². The molecule has 1 aromatic heterocycles. The van der Waals surface area contributed by atoms with Crippen LogP contribution in [0.5, 0.6) is 5.75 Å². The molecule has 0 saturated carbocycles. The molecule has 1 aromatic carbocycles. The van der Waals surface area contributed by atoms with E-state index in [1.165, 1.54) is 0 Å². The molecule has 2 aromatic rings. The molecule has 0 aliphatic rings. The summed E-state index contributed by atoms with van der Waals surface area (Å²) in [5.41, 5.74) is 2.01. The zero-order valence-electron chi connectivity index (χ0n) is 16.7. The van der Waals surface area contributed by atoms with E-state index in [1.54, 1.807) is 4.68 Å². The van der Waals surface area contributed by atoms with Crippen LogP contribution in [-0.2, 0) is 6.42 Å². The maximum Gasteiger partial charge on any atom is 0.273 e. The summed E-state index contributed by atoms with van der Waals surface area (Å²) >= 11 is 0. The Morgan fingerprint density at radius 3 is 2.41 bits per heavy atom. The molecule has 0 spiro atoms. The van der Waals surface area contributed by atoms with E-state index >= 15 is 0 Å². The molecule has 8 heteroatoms. The number of ether oxygens (including phenoxy) is 1. The molecule has 0 aliphatic carbocycles. The monoisotopic (exact) mass is 395 g/mol. The van der Waals surface area contributed by atoms with Gasteiger partial charge in [0.05, 0.1) is 17.5 Å². The van der Waals surface area contributed by atoms with Crippen LogP contribution in [0.2, 0.25) is 0 Å². The van der Waals surface area contributed by atoms with Gasteiger partial charge in [0.2, 0.25) is 0 Å². The number of aromatic nitrogens is 3. The van der Waals surface area contributed by atoms with Gasteiger partial charge in [-0.05, 0) is 58.0 Å². The van der Waals surface area contributed by atoms with Gasteiger partial charge in [0, 0.05) is 12.6 Å². The van der Waals surface area contributed by atoms with Crippen LogP contribution in [0.15, 0.2) is 24.3 Å². The molecule has 1 amide bonds. The van der Waals surface area contributed by atoms with E-state index in [-0.39, 0.29) is 30.5 Å². The van der Waals surface area contributed by atoms with Gasteiger partial charge in [-0.25, -0.2) is 4.68 Å². The molecule has 0 fully saturated rings. The minimum Gasteiger partial charge on any atom is -0.491 e. The van der Waals surface area contributed by atoms with Crippen molar-refractivity contribution in [2.45, 2.75) is 53.2 Å². The lowest BCUT2D eigenvalue weighted by Gasteiger charge is -2.13. The van der Waals surface area contributed by atoms with Gasteiger partial charge in [0.25, 0.3) is 5.91 Å². The number of hydrogen-bond acceptors (Lipinski definition) is 5. The molecule has 0 unspecified atom stereocenters. The van der Waals surface area contributed by atoms with E-state index in [2.05, 4.69) is 20.9 Å². The number of halogens is 1. The second-order valence-electron chi connectivity index (χ2n) is 6.48. The number of hydrogen-bond donors (Lipinski definition) is 2. The summed E-state index contributed by atoms with van der Waals surface area (Å²) in [7, 11) is 0. The first-order chi connectivity index (χ1) is 12.5. The van der Waals surface area contributed by atoms with E-state index in [0.717, 1.165) is 23.7 Å². The zero-order chi connectivity index (χ0) is 19.1. The molecule has 7 nitrogen and oxygen atoms in total. The quantitative estimate of drug-likeness (QED) is 0.682. The Balaban J connectivity index is 0.00000364. The molecular weight excluding hydrogens is 366 g/mol. The van der Waals surface area contributed by atoms with Crippen LogP contribution in [-0.4, -0.2) is 46.1 Å². The van der Waals surface area contributed by atoms with Crippen molar-refractivity contribution in [1.29, 1.82) is 0 Å². The number of likely N-dealkylation sites (N-methyl/N-ethyl adjacent to an activating group) is 1. The topological polar surface area (TPSA) is 81.1 Å². The second kappa shape index (κ2) is 10.9. The number of nitrogens with one attached hydrogen (secondary N) is 2. The highest BCUT2D eigenvalue weighted by atomic mass is 35.5. The van der Waals surface area contributed by atoms with Crippen LogP contribution in [0.1, 0.15) is 50.8 Å². The van der Waals surface area contributed by atoms with Gasteiger partial charge in [-0.3, -0.25) is 4.79 Å². The van der Waals surface area contributed by atoms with Crippen molar-refractivity contribution in [3.63, 3.8) is 0 Å². The summed E-state index contributed by atoms with van der Waals surface area (Å²) in [6, 6.07) is 7.83. The molecule has 2 rings (SSSR count). The minimum atomic E-state index is -0.197. The average Bonchev–Trinajstić information content (AvgIpc) is 3.04. The van der Waals surface area contributed by atoms with Crippen LogP contribution in [0.25, 0.3) is 5.69 Å². The number of benzene rings is 1. The molecule has 0 aliphatic heterocycles. The molecule has 150 valence electrons. The van der Waals surface area contributed by atoms with E-state index in [0.29, 0.717) is 18.7 Å². The molecular formula is C19H30ClN5O2. The van der Waals surface area contributed by atoms with Gasteiger partial charge < -0.3 is 15.4 Å². The molecule has 0 saturated heterocycles. The fourth-order valence-electron chi connectivity index (χ4n) is 2.69. The van der Waals surface area contributed by atoms with Crippen LogP contribution >= 0.6 is 12.4 Å². The maximum absolute atomic E-state index is 12.5. The Labute approximate surface area is 167 Å². The van der Waals surface area contributed by atoms with Gasteiger partial charge >= 0.3 is 0 Å². The Bertz CT molecular complexity index is 715. The van der Waals surface area contributed by atoms with Crippen molar-refractivity contribution in [3.05, 3.63) is 35.7 Å². The SMILES string of the molecule is CCN[C@H](C)CNC(=O)c1nnn(-c2ccc(OC(C)C)cc2)c1CC.Cl. The first-order valence-electron chi connectivity index (χ1n) is 9.19. The van der Waals surface area contributed by atoms with Gasteiger partial charge in [-0.2, -0.15) is 0 Å². The molecule has 1 atom stereocenters. The van der Waals surface area contributed by atoms with Crippen molar-refractivity contribution in [3.8, 4) is 11.4 Å². The molecule has 1 heterocycles. The van der Waals surface area contributed by atoms with Crippen LogP contribution in [0, 0.1) is 0 Å². The van der Waals surface area contributed by atoms with E-state index < -0.39 is 0 Å². The van der Waals surface area contributed by atoms with Crippen LogP contribution < -0.4 is 15.4 Å². The maximum atomic E-state index is 12.5. The summed E-state index contributed by atoms with van der Waals surface area (Å²) in [5.74, 6) is 0.606. The second-order valence-corrected chi connectivity index (χ2v) is 6.48. The number of carbonyl (C=O) groups is 1. The predicted molar refractivity (Wildman–Crippen MR) is 109 cm³/mol. The van der Waals surface area contributed by atoms with Crippen LogP contribution in [0.4, 0.5) is 0 Å². The number of rotatable bonds is 9. The first-order valence-corrected chi connectivity index (χ1v) is 9.19. The molecule has 2 N–H and O–H groups in total. The third-order valence-electron chi connectivity index (χ3n) is 3.89. The number of nitrogens with zero attached hydrogens (tertiary/aromatic N) is 3. The first kappa shape index (κ1) is 22.9. The van der Waals surface area contributed by atoms with Gasteiger partial charge in [0.15, 0.2) is 5.69 Å². The Kier molecular flexibility index (Phi) is 9.25. The fourth-order valence-corrected chi connectivity index (χ4v) is 2.69. The normalized spacial score (nSPS) is 11.8.